The molecule has 0 atom stereocenters. The highest BCUT2D eigenvalue weighted by Gasteiger charge is 2.09. The number of aromatic nitrogens is 3. The molecule has 4 heteroatoms. The van der Waals surface area contributed by atoms with Gasteiger partial charge in [-0.05, 0) is 37.6 Å². The lowest BCUT2D eigenvalue weighted by Crippen LogP contribution is -2.03. The van der Waals surface area contributed by atoms with E-state index in [-0.39, 0.29) is 0 Å². The molecule has 0 radical (unpaired) electrons. The van der Waals surface area contributed by atoms with Gasteiger partial charge >= 0.3 is 0 Å². The molecule has 0 spiro atoms. The minimum atomic E-state index is 0.373. The summed E-state index contributed by atoms with van der Waals surface area (Å²) >= 11 is 0. The number of aryl methyl sites for hydroxylation is 2. The molecule has 0 saturated heterocycles. The summed E-state index contributed by atoms with van der Waals surface area (Å²) in [7, 11) is 0. The van der Waals surface area contributed by atoms with Crippen LogP contribution in [-0.2, 0) is 6.61 Å². The molecule has 24 heavy (non-hydrogen) atoms. The molecule has 4 aromatic rings. The Kier molecular flexibility index (Phi) is 3.58. The van der Waals surface area contributed by atoms with Crippen molar-refractivity contribution in [2.75, 3.05) is 0 Å². The molecule has 0 N–H and O–H groups in total. The van der Waals surface area contributed by atoms with E-state index in [1.165, 1.54) is 0 Å². The van der Waals surface area contributed by atoms with E-state index in [4.69, 9.17) is 4.74 Å². The van der Waals surface area contributed by atoms with Gasteiger partial charge in [-0.1, -0.05) is 36.4 Å². The summed E-state index contributed by atoms with van der Waals surface area (Å²) in [4.78, 5) is 13.9. The summed E-state index contributed by atoms with van der Waals surface area (Å²) in [5.74, 6) is 0.562. The lowest BCUT2D eigenvalue weighted by molar-refractivity contribution is 0.287. The van der Waals surface area contributed by atoms with Crippen LogP contribution in [-0.4, -0.2) is 15.0 Å². The first-order valence-corrected chi connectivity index (χ1v) is 7.92. The number of para-hydroxylation sites is 2. The molecule has 0 aliphatic carbocycles. The minimum Gasteiger partial charge on any atom is -0.470 e. The van der Waals surface area contributed by atoms with Gasteiger partial charge in [0.15, 0.2) is 0 Å². The number of nitrogens with zero attached hydrogens (tertiary/aromatic N) is 3. The van der Waals surface area contributed by atoms with Crippen molar-refractivity contribution in [2.24, 2.45) is 0 Å². The Labute approximate surface area is 140 Å². The maximum atomic E-state index is 5.90. The maximum absolute atomic E-state index is 5.90. The monoisotopic (exact) mass is 315 g/mol. The molecular weight excluding hydrogens is 298 g/mol. The van der Waals surface area contributed by atoms with Crippen LogP contribution < -0.4 is 4.74 Å². The fraction of sp³-hybridized carbons (Fsp3) is 0.150. The molecule has 0 fully saturated rings. The molecular formula is C20H17N3O. The largest absolute Gasteiger partial charge is 0.470 e. The van der Waals surface area contributed by atoms with Crippen molar-refractivity contribution in [3.63, 3.8) is 0 Å². The Hall–Kier alpha value is -3.01. The first-order valence-electron chi connectivity index (χ1n) is 7.92. The molecule has 2 aromatic carbocycles. The molecule has 4 nitrogen and oxygen atoms in total. The van der Waals surface area contributed by atoms with Crippen LogP contribution in [0.1, 0.15) is 17.0 Å². The zero-order valence-electron chi connectivity index (χ0n) is 13.7. The SMILES string of the molecule is Cc1nc2cccc(C)c2nc1OCc1ccc2ccccc2n1. The lowest BCUT2D eigenvalue weighted by atomic mass is 10.2. The van der Waals surface area contributed by atoms with E-state index < -0.39 is 0 Å². The Morgan fingerprint density at radius 2 is 1.62 bits per heavy atom. The number of rotatable bonds is 3. The van der Waals surface area contributed by atoms with E-state index >= 15 is 0 Å². The van der Waals surface area contributed by atoms with Crippen LogP contribution in [0.3, 0.4) is 0 Å². The molecule has 0 aliphatic heterocycles. The Morgan fingerprint density at radius 3 is 2.54 bits per heavy atom. The van der Waals surface area contributed by atoms with Crippen LogP contribution in [0, 0.1) is 13.8 Å². The Balaban J connectivity index is 1.63. The van der Waals surface area contributed by atoms with Crippen LogP contribution in [0.25, 0.3) is 21.9 Å². The standard InChI is InChI=1S/C20H17N3O/c1-13-6-5-9-18-19(13)23-20(14(2)21-18)24-12-16-11-10-15-7-3-4-8-17(15)22-16/h3-11H,12H2,1-2H3. The Bertz CT molecular complexity index is 1040. The lowest BCUT2D eigenvalue weighted by Gasteiger charge is -2.10. The average Bonchev–Trinajstić information content (AvgIpc) is 2.60. The van der Waals surface area contributed by atoms with Crippen molar-refractivity contribution in [3.05, 3.63) is 71.5 Å². The minimum absolute atomic E-state index is 0.373. The second-order valence-electron chi connectivity index (χ2n) is 5.84. The van der Waals surface area contributed by atoms with Crippen LogP contribution in [0.2, 0.25) is 0 Å². The highest BCUT2D eigenvalue weighted by Crippen LogP contribution is 2.21. The van der Waals surface area contributed by atoms with Crippen LogP contribution in [0.4, 0.5) is 0 Å². The first-order chi connectivity index (χ1) is 11.7. The van der Waals surface area contributed by atoms with E-state index in [0.717, 1.165) is 38.9 Å². The summed E-state index contributed by atoms with van der Waals surface area (Å²) in [6.07, 6.45) is 0. The van der Waals surface area contributed by atoms with Gasteiger partial charge in [-0.3, -0.25) is 0 Å². The van der Waals surface area contributed by atoms with Crippen molar-refractivity contribution < 1.29 is 4.74 Å². The predicted molar refractivity (Wildman–Crippen MR) is 95.1 cm³/mol. The number of hydrogen-bond acceptors (Lipinski definition) is 4. The van der Waals surface area contributed by atoms with Crippen molar-refractivity contribution in [3.8, 4) is 5.88 Å². The third-order valence-electron chi connectivity index (χ3n) is 4.04. The van der Waals surface area contributed by atoms with Gasteiger partial charge in [-0.25, -0.2) is 15.0 Å². The quantitative estimate of drug-likeness (QED) is 0.563. The first kappa shape index (κ1) is 14.6. The van der Waals surface area contributed by atoms with Gasteiger partial charge in [0.25, 0.3) is 0 Å². The predicted octanol–water partition coefficient (Wildman–Crippen LogP) is 4.37. The summed E-state index contributed by atoms with van der Waals surface area (Å²) in [6, 6.07) is 18.1. The van der Waals surface area contributed by atoms with Gasteiger partial charge in [0.05, 0.1) is 22.2 Å². The van der Waals surface area contributed by atoms with Gasteiger partial charge in [-0.15, -0.1) is 0 Å². The van der Waals surface area contributed by atoms with Gasteiger partial charge < -0.3 is 4.74 Å². The number of fused-ring (bicyclic) bond motifs is 2. The summed E-state index contributed by atoms with van der Waals surface area (Å²) in [5, 5.41) is 1.12. The molecule has 2 heterocycles. The fourth-order valence-corrected chi connectivity index (χ4v) is 2.76. The van der Waals surface area contributed by atoms with E-state index in [1.807, 2.05) is 56.3 Å². The van der Waals surface area contributed by atoms with Crippen molar-refractivity contribution in [1.82, 2.24) is 15.0 Å². The second kappa shape index (κ2) is 5.89. The van der Waals surface area contributed by atoms with E-state index in [9.17, 15) is 0 Å². The summed E-state index contributed by atoms with van der Waals surface area (Å²) < 4.78 is 5.90. The smallest absolute Gasteiger partial charge is 0.236 e. The van der Waals surface area contributed by atoms with Crippen molar-refractivity contribution >= 4 is 21.9 Å². The van der Waals surface area contributed by atoms with Crippen molar-refractivity contribution in [1.29, 1.82) is 0 Å². The third kappa shape index (κ3) is 2.67. The molecule has 0 unspecified atom stereocenters. The van der Waals surface area contributed by atoms with Crippen LogP contribution >= 0.6 is 0 Å². The third-order valence-corrected chi connectivity index (χ3v) is 4.04. The number of benzene rings is 2. The van der Waals surface area contributed by atoms with Gasteiger partial charge in [0, 0.05) is 5.39 Å². The second-order valence-corrected chi connectivity index (χ2v) is 5.84. The maximum Gasteiger partial charge on any atom is 0.236 e. The van der Waals surface area contributed by atoms with Gasteiger partial charge in [-0.2, -0.15) is 0 Å². The molecule has 118 valence electrons. The molecule has 0 bridgehead atoms. The normalized spacial score (nSPS) is 11.1. The highest BCUT2D eigenvalue weighted by atomic mass is 16.5. The van der Waals surface area contributed by atoms with E-state index in [1.54, 1.807) is 0 Å². The molecule has 0 saturated carbocycles. The van der Waals surface area contributed by atoms with Crippen LogP contribution in [0.15, 0.2) is 54.6 Å². The summed E-state index contributed by atoms with van der Waals surface area (Å²) in [5.41, 5.74) is 5.49. The average molecular weight is 315 g/mol. The fourth-order valence-electron chi connectivity index (χ4n) is 2.76. The number of ether oxygens (including phenoxy) is 1. The molecule has 4 rings (SSSR count). The zero-order valence-corrected chi connectivity index (χ0v) is 13.7. The van der Waals surface area contributed by atoms with E-state index in [2.05, 4.69) is 27.1 Å². The topological polar surface area (TPSA) is 47.9 Å². The van der Waals surface area contributed by atoms with Gasteiger partial charge in [0.2, 0.25) is 5.88 Å². The summed E-state index contributed by atoms with van der Waals surface area (Å²) in [6.45, 7) is 4.32. The zero-order chi connectivity index (χ0) is 16.5. The highest BCUT2D eigenvalue weighted by molar-refractivity contribution is 5.79. The van der Waals surface area contributed by atoms with E-state index in [0.29, 0.717) is 12.5 Å². The molecule has 0 aliphatic rings. The van der Waals surface area contributed by atoms with Crippen LogP contribution in [0.5, 0.6) is 5.88 Å². The molecule has 0 amide bonds. The molecule has 2 aromatic heterocycles. The van der Waals surface area contributed by atoms with Crippen molar-refractivity contribution in [2.45, 2.75) is 20.5 Å². The Morgan fingerprint density at radius 1 is 0.792 bits per heavy atom. The number of hydrogen-bond donors (Lipinski definition) is 0. The number of pyridine rings is 1. The van der Waals surface area contributed by atoms with Gasteiger partial charge in [0.1, 0.15) is 12.3 Å².